The van der Waals surface area contributed by atoms with Gasteiger partial charge in [0.05, 0.1) is 29.3 Å². The van der Waals surface area contributed by atoms with E-state index in [1.54, 1.807) is 0 Å². The van der Waals surface area contributed by atoms with Gasteiger partial charge in [0.2, 0.25) is 5.91 Å². The van der Waals surface area contributed by atoms with E-state index in [-0.39, 0.29) is 34.3 Å². The molecule has 0 fully saturated rings. The van der Waals surface area contributed by atoms with Gasteiger partial charge in [-0.3, -0.25) is 9.52 Å². The van der Waals surface area contributed by atoms with Crippen molar-refractivity contribution in [2.75, 3.05) is 10.0 Å². The van der Waals surface area contributed by atoms with E-state index in [4.69, 9.17) is 6.57 Å². The third-order valence-corrected chi connectivity index (χ3v) is 4.66. The number of amides is 1. The Balaban J connectivity index is 2.02. The van der Waals surface area contributed by atoms with Gasteiger partial charge in [-0.1, -0.05) is 12.1 Å². The van der Waals surface area contributed by atoms with Crippen molar-refractivity contribution in [2.24, 2.45) is 0 Å². The molecule has 8 heteroatoms. The third-order valence-electron chi connectivity index (χ3n) is 3.30. The van der Waals surface area contributed by atoms with Crippen molar-refractivity contribution < 1.29 is 17.6 Å². The molecule has 0 bridgehead atoms. The number of rotatable bonds is 3. The highest BCUT2D eigenvalue weighted by atomic mass is 32.2. The first kappa shape index (κ1) is 15.0. The average Bonchev–Trinajstić information content (AvgIpc) is 2.87. The van der Waals surface area contributed by atoms with Gasteiger partial charge in [-0.25, -0.2) is 17.7 Å². The van der Waals surface area contributed by atoms with Gasteiger partial charge < -0.3 is 5.32 Å². The second-order valence-electron chi connectivity index (χ2n) is 4.93. The predicted octanol–water partition coefficient (Wildman–Crippen LogP) is 2.67. The molecule has 1 amide bonds. The highest BCUT2D eigenvalue weighted by molar-refractivity contribution is 7.92. The van der Waals surface area contributed by atoms with Crippen LogP contribution >= 0.6 is 0 Å². The number of nitrogens with one attached hydrogen (secondary N) is 2. The zero-order valence-electron chi connectivity index (χ0n) is 11.6. The maximum atomic E-state index is 13.6. The average molecular weight is 331 g/mol. The number of benzene rings is 2. The lowest BCUT2D eigenvalue weighted by Crippen LogP contribution is -2.14. The summed E-state index contributed by atoms with van der Waals surface area (Å²) in [5, 5.41) is 2.51. The molecule has 0 unspecified atom stereocenters. The fraction of sp³-hybridized carbons (Fsp3) is 0.0667. The van der Waals surface area contributed by atoms with Gasteiger partial charge >= 0.3 is 0 Å². The summed E-state index contributed by atoms with van der Waals surface area (Å²) in [6.45, 7) is 6.93. The van der Waals surface area contributed by atoms with Crippen LogP contribution in [0, 0.1) is 12.4 Å². The lowest BCUT2D eigenvalue weighted by molar-refractivity contribution is -0.115. The lowest BCUT2D eigenvalue weighted by Gasteiger charge is -2.12. The Morgan fingerprint density at radius 1 is 1.26 bits per heavy atom. The fourth-order valence-electron chi connectivity index (χ4n) is 2.31. The van der Waals surface area contributed by atoms with Gasteiger partial charge in [-0.2, -0.15) is 0 Å². The number of fused-ring (bicyclic) bond motifs is 1. The second kappa shape index (κ2) is 5.37. The van der Waals surface area contributed by atoms with E-state index < -0.39 is 15.8 Å². The molecule has 0 radical (unpaired) electrons. The molecule has 0 aromatic heterocycles. The molecule has 2 aromatic rings. The first-order chi connectivity index (χ1) is 10.9. The third kappa shape index (κ3) is 2.86. The molecule has 1 aliphatic rings. The highest BCUT2D eigenvalue weighted by Gasteiger charge is 2.25. The minimum absolute atomic E-state index is 0.00493. The van der Waals surface area contributed by atoms with Gasteiger partial charge in [-0.15, -0.1) is 0 Å². The smallest absolute Gasteiger partial charge is 0.260 e. The number of carbonyl (C=O) groups excluding carboxylic acids is 1. The van der Waals surface area contributed by atoms with E-state index in [2.05, 4.69) is 14.9 Å². The molecule has 23 heavy (non-hydrogen) atoms. The summed E-state index contributed by atoms with van der Waals surface area (Å²) in [5.74, 6) is -0.978. The topological polar surface area (TPSA) is 79.6 Å². The van der Waals surface area contributed by atoms with Crippen LogP contribution in [0.1, 0.15) is 5.56 Å². The summed E-state index contributed by atoms with van der Waals surface area (Å²) >= 11 is 0. The standard InChI is InChI=1S/C15H10FN3O3S/c1-17-11-3-2-4-12(8-11)23(21,22)19-13-7-10(16)5-9-6-14(20)18-15(9)13/h2-5,7-8,19H,6H2,(H,18,20). The largest absolute Gasteiger partial charge is 0.324 e. The summed E-state index contributed by atoms with van der Waals surface area (Å²) in [7, 11) is -4.01. The molecule has 0 atom stereocenters. The van der Waals surface area contributed by atoms with Crippen LogP contribution in [0.4, 0.5) is 21.5 Å². The normalized spacial score (nSPS) is 13.1. The maximum absolute atomic E-state index is 13.6. The zero-order valence-corrected chi connectivity index (χ0v) is 12.4. The van der Waals surface area contributed by atoms with Crippen molar-refractivity contribution in [3.8, 4) is 0 Å². The zero-order chi connectivity index (χ0) is 16.6. The lowest BCUT2D eigenvalue weighted by atomic mass is 10.1. The Hall–Kier alpha value is -2.92. The van der Waals surface area contributed by atoms with Crippen molar-refractivity contribution in [1.29, 1.82) is 0 Å². The predicted molar refractivity (Wildman–Crippen MR) is 82.2 cm³/mol. The van der Waals surface area contributed by atoms with Gasteiger partial charge in [-0.05, 0) is 23.8 Å². The molecule has 0 spiro atoms. The quantitative estimate of drug-likeness (QED) is 0.849. The number of nitrogens with zero attached hydrogens (tertiary/aromatic N) is 1. The van der Waals surface area contributed by atoms with E-state index in [1.165, 1.54) is 30.3 Å². The summed E-state index contributed by atoms with van der Waals surface area (Å²) in [5.41, 5.74) is 0.772. The maximum Gasteiger partial charge on any atom is 0.260 e. The van der Waals surface area contributed by atoms with Crippen LogP contribution in [0.15, 0.2) is 41.3 Å². The monoisotopic (exact) mass is 331 g/mol. The number of anilines is 2. The van der Waals surface area contributed by atoms with Crippen LogP contribution in [0.2, 0.25) is 0 Å². The molecule has 116 valence electrons. The molecule has 0 aliphatic carbocycles. The molecule has 0 saturated heterocycles. The van der Waals surface area contributed by atoms with E-state index in [0.29, 0.717) is 5.56 Å². The van der Waals surface area contributed by atoms with Crippen LogP contribution < -0.4 is 10.0 Å². The Bertz CT molecular complexity index is 964. The number of hydrogen-bond acceptors (Lipinski definition) is 3. The van der Waals surface area contributed by atoms with Crippen molar-refractivity contribution in [3.63, 3.8) is 0 Å². The molecular formula is C15H10FN3O3S. The number of halogens is 1. The van der Waals surface area contributed by atoms with Gasteiger partial charge in [0.25, 0.3) is 10.0 Å². The number of carbonyl (C=O) groups is 1. The second-order valence-corrected chi connectivity index (χ2v) is 6.61. The van der Waals surface area contributed by atoms with Crippen LogP contribution in [0.3, 0.4) is 0 Å². The van der Waals surface area contributed by atoms with Crippen molar-refractivity contribution in [1.82, 2.24) is 0 Å². The minimum atomic E-state index is -4.01. The van der Waals surface area contributed by atoms with Gasteiger partial charge in [0.15, 0.2) is 5.69 Å². The van der Waals surface area contributed by atoms with Crippen molar-refractivity contribution in [2.45, 2.75) is 11.3 Å². The Labute approximate surface area is 131 Å². The van der Waals surface area contributed by atoms with E-state index in [0.717, 1.165) is 6.07 Å². The summed E-state index contributed by atoms with van der Waals surface area (Å²) in [6, 6.07) is 7.65. The highest BCUT2D eigenvalue weighted by Crippen LogP contribution is 2.34. The summed E-state index contributed by atoms with van der Waals surface area (Å²) in [6.07, 6.45) is -0.00493. The molecule has 6 nitrogen and oxygen atoms in total. The fourth-order valence-corrected chi connectivity index (χ4v) is 3.41. The van der Waals surface area contributed by atoms with Gasteiger partial charge in [0, 0.05) is 6.07 Å². The van der Waals surface area contributed by atoms with Crippen LogP contribution in [0.5, 0.6) is 0 Å². The summed E-state index contributed by atoms with van der Waals surface area (Å²) in [4.78, 5) is 14.5. The number of sulfonamides is 1. The molecule has 2 aromatic carbocycles. The minimum Gasteiger partial charge on any atom is -0.324 e. The Kier molecular flexibility index (Phi) is 3.50. The first-order valence-corrected chi connectivity index (χ1v) is 8.00. The van der Waals surface area contributed by atoms with Crippen LogP contribution in [-0.2, 0) is 21.2 Å². The molecule has 2 N–H and O–H groups in total. The molecule has 1 heterocycles. The summed E-state index contributed by atoms with van der Waals surface area (Å²) < 4.78 is 40.7. The molecule has 0 saturated carbocycles. The SMILES string of the molecule is [C-]#[N+]c1cccc(S(=O)(=O)Nc2cc(F)cc3c2NC(=O)C3)c1. The number of hydrogen-bond donors (Lipinski definition) is 2. The van der Waals surface area contributed by atoms with Crippen LogP contribution in [0.25, 0.3) is 4.85 Å². The van der Waals surface area contributed by atoms with E-state index in [9.17, 15) is 17.6 Å². The Morgan fingerprint density at radius 2 is 2.04 bits per heavy atom. The van der Waals surface area contributed by atoms with Gasteiger partial charge in [0.1, 0.15) is 5.82 Å². The molecular weight excluding hydrogens is 321 g/mol. The first-order valence-electron chi connectivity index (χ1n) is 6.52. The molecule has 3 rings (SSSR count). The van der Waals surface area contributed by atoms with Crippen molar-refractivity contribution in [3.05, 3.63) is 59.2 Å². The van der Waals surface area contributed by atoms with E-state index in [1.807, 2.05) is 0 Å². The van der Waals surface area contributed by atoms with Crippen LogP contribution in [-0.4, -0.2) is 14.3 Å². The Morgan fingerprint density at radius 3 is 2.78 bits per heavy atom. The molecule has 1 aliphatic heterocycles. The van der Waals surface area contributed by atoms with E-state index >= 15 is 0 Å². The van der Waals surface area contributed by atoms with Crippen molar-refractivity contribution >= 4 is 33.0 Å².